The molecule has 9 heteroatoms. The maximum absolute atomic E-state index is 12.8. The number of hydrogen-bond donors (Lipinski definition) is 2. The molecule has 2 aliphatic rings. The van der Waals surface area contributed by atoms with E-state index in [2.05, 4.69) is 10.4 Å². The van der Waals surface area contributed by atoms with Crippen molar-refractivity contribution in [1.29, 1.82) is 0 Å². The predicted octanol–water partition coefficient (Wildman–Crippen LogP) is 2.92. The zero-order valence-corrected chi connectivity index (χ0v) is 13.2. The summed E-state index contributed by atoms with van der Waals surface area (Å²) in [5.74, 6) is 0.481. The second-order valence-electron chi connectivity index (χ2n) is 6.58. The van der Waals surface area contributed by atoms with Gasteiger partial charge in [0.2, 0.25) is 0 Å². The minimum absolute atomic E-state index is 0.139. The van der Waals surface area contributed by atoms with E-state index in [-0.39, 0.29) is 12.6 Å². The number of carbonyl (C=O) groups excluding carboxylic acids is 1. The molecule has 1 atom stereocenters. The number of carbonyl (C=O) groups is 1. The zero-order valence-electron chi connectivity index (χ0n) is 13.2. The van der Waals surface area contributed by atoms with E-state index in [4.69, 9.17) is 0 Å². The summed E-state index contributed by atoms with van der Waals surface area (Å²) >= 11 is 0. The van der Waals surface area contributed by atoms with Crippen molar-refractivity contribution in [2.24, 2.45) is 0 Å². The molecule has 2 N–H and O–H groups in total. The third-order valence-corrected chi connectivity index (χ3v) is 4.89. The number of aliphatic hydroxyl groups is 1. The van der Waals surface area contributed by atoms with Gasteiger partial charge in [0.25, 0.3) is 0 Å². The molecule has 6 nitrogen and oxygen atoms in total. The Morgan fingerprint density at radius 2 is 2.04 bits per heavy atom. The monoisotopic (exact) mass is 346 g/mol. The molecule has 1 aliphatic carbocycles. The molecule has 0 aromatic carbocycles. The minimum atomic E-state index is -4.74. The molecular formula is C15H21F3N4O2. The van der Waals surface area contributed by atoms with E-state index < -0.39 is 30.8 Å². The first-order valence-electron chi connectivity index (χ1n) is 8.19. The molecule has 2 fully saturated rings. The fraction of sp³-hybridized carbons (Fsp3) is 0.733. The van der Waals surface area contributed by atoms with Gasteiger partial charge in [0.05, 0.1) is 18.8 Å². The Morgan fingerprint density at radius 1 is 1.33 bits per heavy atom. The van der Waals surface area contributed by atoms with E-state index in [0.717, 1.165) is 30.6 Å². The average Bonchev–Trinajstić information content (AvgIpc) is 3.15. The Labute approximate surface area is 137 Å². The number of hydrogen-bond acceptors (Lipinski definition) is 3. The molecular weight excluding hydrogens is 325 g/mol. The van der Waals surface area contributed by atoms with Gasteiger partial charge in [-0.15, -0.1) is 0 Å². The SMILES string of the molecule is O=C(Nc1ccnn1C1CCCCC1)N1CC[C@@](O)(C(F)(F)F)C1. The van der Waals surface area contributed by atoms with Crippen LogP contribution in [0.2, 0.25) is 0 Å². The molecule has 1 saturated heterocycles. The van der Waals surface area contributed by atoms with Gasteiger partial charge in [-0.05, 0) is 12.8 Å². The van der Waals surface area contributed by atoms with Crippen molar-refractivity contribution in [3.05, 3.63) is 12.3 Å². The van der Waals surface area contributed by atoms with E-state index >= 15 is 0 Å². The fourth-order valence-corrected chi connectivity index (χ4v) is 3.42. The van der Waals surface area contributed by atoms with Gasteiger partial charge in [0, 0.05) is 19.0 Å². The highest BCUT2D eigenvalue weighted by molar-refractivity contribution is 5.88. The molecule has 2 heterocycles. The summed E-state index contributed by atoms with van der Waals surface area (Å²) in [6.07, 6.45) is 1.65. The van der Waals surface area contributed by atoms with E-state index in [9.17, 15) is 23.1 Å². The Kier molecular flexibility index (Phi) is 4.46. The van der Waals surface area contributed by atoms with Crippen LogP contribution in [0.5, 0.6) is 0 Å². The van der Waals surface area contributed by atoms with Gasteiger partial charge in [-0.3, -0.25) is 5.32 Å². The van der Waals surface area contributed by atoms with Crippen molar-refractivity contribution in [2.45, 2.75) is 56.3 Å². The van der Waals surface area contributed by atoms with E-state index in [1.807, 2.05) is 0 Å². The highest BCUT2D eigenvalue weighted by atomic mass is 19.4. The lowest BCUT2D eigenvalue weighted by atomic mass is 9.96. The number of urea groups is 1. The third-order valence-electron chi connectivity index (χ3n) is 4.89. The van der Waals surface area contributed by atoms with Gasteiger partial charge < -0.3 is 10.0 Å². The van der Waals surface area contributed by atoms with Crippen LogP contribution in [-0.2, 0) is 0 Å². The number of rotatable bonds is 2. The highest BCUT2D eigenvalue weighted by Crippen LogP contribution is 2.38. The summed E-state index contributed by atoms with van der Waals surface area (Å²) < 4.78 is 40.3. The molecule has 1 saturated carbocycles. The summed E-state index contributed by atoms with van der Waals surface area (Å²) in [6, 6.07) is 1.20. The van der Waals surface area contributed by atoms with Crippen LogP contribution >= 0.6 is 0 Å². The van der Waals surface area contributed by atoms with Crippen LogP contribution < -0.4 is 5.32 Å². The molecule has 3 rings (SSSR count). The van der Waals surface area contributed by atoms with Crippen molar-refractivity contribution in [3.63, 3.8) is 0 Å². The Morgan fingerprint density at radius 3 is 2.67 bits per heavy atom. The van der Waals surface area contributed by atoms with Crippen LogP contribution in [0.25, 0.3) is 0 Å². The number of halogens is 3. The molecule has 24 heavy (non-hydrogen) atoms. The number of alkyl halides is 3. The number of nitrogens with one attached hydrogen (secondary N) is 1. The van der Waals surface area contributed by atoms with Crippen molar-refractivity contribution < 1.29 is 23.1 Å². The first-order chi connectivity index (χ1) is 11.3. The van der Waals surface area contributed by atoms with Gasteiger partial charge in [-0.2, -0.15) is 18.3 Å². The number of anilines is 1. The van der Waals surface area contributed by atoms with Crippen molar-refractivity contribution in [3.8, 4) is 0 Å². The lowest BCUT2D eigenvalue weighted by Crippen LogP contribution is -2.48. The van der Waals surface area contributed by atoms with Gasteiger partial charge in [0.1, 0.15) is 5.82 Å². The fourth-order valence-electron chi connectivity index (χ4n) is 3.42. The van der Waals surface area contributed by atoms with Crippen molar-refractivity contribution in [2.75, 3.05) is 18.4 Å². The van der Waals surface area contributed by atoms with Crippen LogP contribution in [0.4, 0.5) is 23.8 Å². The summed E-state index contributed by atoms with van der Waals surface area (Å²) in [5, 5.41) is 16.5. The Bertz CT molecular complexity index is 598. The molecule has 0 radical (unpaired) electrons. The van der Waals surface area contributed by atoms with Gasteiger partial charge in [-0.25, -0.2) is 9.48 Å². The Hall–Kier alpha value is -1.77. The number of aromatic nitrogens is 2. The van der Waals surface area contributed by atoms with E-state index in [1.165, 1.54) is 6.42 Å². The van der Waals surface area contributed by atoms with Crippen molar-refractivity contribution >= 4 is 11.8 Å². The largest absolute Gasteiger partial charge is 0.419 e. The van der Waals surface area contributed by atoms with Crippen LogP contribution in [-0.4, -0.2) is 50.7 Å². The third kappa shape index (κ3) is 3.22. The normalized spacial score (nSPS) is 25.9. The topological polar surface area (TPSA) is 70.4 Å². The Balaban J connectivity index is 1.65. The summed E-state index contributed by atoms with van der Waals surface area (Å²) in [7, 11) is 0. The maximum Gasteiger partial charge on any atom is 0.419 e. The predicted molar refractivity (Wildman–Crippen MR) is 80.6 cm³/mol. The summed E-state index contributed by atoms with van der Waals surface area (Å²) in [6.45, 7) is -0.890. The maximum atomic E-state index is 12.8. The van der Waals surface area contributed by atoms with Crippen LogP contribution in [0.1, 0.15) is 44.6 Å². The smallest absolute Gasteiger partial charge is 0.379 e. The number of amides is 2. The zero-order chi connectivity index (χ0) is 17.4. The van der Waals surface area contributed by atoms with E-state index in [0.29, 0.717) is 5.82 Å². The summed E-state index contributed by atoms with van der Waals surface area (Å²) in [5.41, 5.74) is -2.83. The van der Waals surface area contributed by atoms with Crippen LogP contribution in [0.15, 0.2) is 12.3 Å². The summed E-state index contributed by atoms with van der Waals surface area (Å²) in [4.78, 5) is 13.2. The molecule has 0 bridgehead atoms. The standard InChI is InChI=1S/C15H21F3N4O2/c16-15(17,18)14(24)7-9-21(10-14)13(23)20-12-6-8-19-22(12)11-4-2-1-3-5-11/h6,8,11,24H,1-5,7,9-10H2,(H,20,23)/t14-/m0/s1. The van der Waals surface area contributed by atoms with Crippen molar-refractivity contribution in [1.82, 2.24) is 14.7 Å². The first-order valence-corrected chi connectivity index (χ1v) is 8.19. The average molecular weight is 346 g/mol. The van der Waals surface area contributed by atoms with Crippen LogP contribution in [0, 0.1) is 0 Å². The van der Waals surface area contributed by atoms with Gasteiger partial charge >= 0.3 is 12.2 Å². The second kappa shape index (κ2) is 6.27. The molecule has 0 spiro atoms. The molecule has 134 valence electrons. The first kappa shape index (κ1) is 17.1. The highest BCUT2D eigenvalue weighted by Gasteiger charge is 2.57. The molecule has 1 aliphatic heterocycles. The van der Waals surface area contributed by atoms with Gasteiger partial charge in [-0.1, -0.05) is 19.3 Å². The number of β-amino-alcohol motifs (C(OH)–C–C–N with tert-alkyl or cyclic N) is 1. The molecule has 0 unspecified atom stereocenters. The number of likely N-dealkylation sites (tertiary alicyclic amines) is 1. The van der Waals surface area contributed by atoms with Crippen LogP contribution in [0.3, 0.4) is 0 Å². The lowest BCUT2D eigenvalue weighted by Gasteiger charge is -2.26. The van der Waals surface area contributed by atoms with Gasteiger partial charge in [0.15, 0.2) is 5.60 Å². The quantitative estimate of drug-likeness (QED) is 0.865. The molecule has 1 aromatic heterocycles. The molecule has 1 aromatic rings. The van der Waals surface area contributed by atoms with E-state index in [1.54, 1.807) is 16.9 Å². The lowest BCUT2D eigenvalue weighted by molar-refractivity contribution is -0.253. The number of nitrogens with zero attached hydrogens (tertiary/aromatic N) is 3. The second-order valence-corrected chi connectivity index (χ2v) is 6.58. The minimum Gasteiger partial charge on any atom is -0.379 e. The molecule has 2 amide bonds.